The van der Waals surface area contributed by atoms with E-state index in [-0.39, 0.29) is 0 Å². The predicted molar refractivity (Wildman–Crippen MR) is 70.2 cm³/mol. The standard InChI is InChI=1S/C13H14ClN3/c1-8-5-9(2)17-13(16-8)6-10-3-4-11(14)7-12(10)15/h3-5,7H,6,15H2,1-2H3. The Morgan fingerprint density at radius 3 is 2.35 bits per heavy atom. The first-order valence-corrected chi connectivity index (χ1v) is 5.77. The number of aryl methyl sites for hydroxylation is 2. The maximum absolute atomic E-state index is 5.91. The third kappa shape index (κ3) is 2.94. The average Bonchev–Trinajstić information content (AvgIpc) is 2.21. The van der Waals surface area contributed by atoms with Crippen LogP contribution in [0.15, 0.2) is 24.3 Å². The van der Waals surface area contributed by atoms with E-state index in [1.54, 1.807) is 6.07 Å². The summed E-state index contributed by atoms with van der Waals surface area (Å²) in [7, 11) is 0. The molecule has 17 heavy (non-hydrogen) atoms. The molecule has 0 saturated carbocycles. The van der Waals surface area contributed by atoms with Crippen LogP contribution in [-0.4, -0.2) is 9.97 Å². The second-order valence-electron chi connectivity index (χ2n) is 4.09. The van der Waals surface area contributed by atoms with Crippen molar-refractivity contribution in [3.8, 4) is 0 Å². The number of halogens is 1. The molecule has 0 fully saturated rings. The molecule has 4 heteroatoms. The van der Waals surface area contributed by atoms with Crippen molar-refractivity contribution in [2.24, 2.45) is 0 Å². The molecule has 0 aliphatic heterocycles. The number of benzene rings is 1. The first-order chi connectivity index (χ1) is 8.04. The summed E-state index contributed by atoms with van der Waals surface area (Å²) in [5.74, 6) is 0.788. The van der Waals surface area contributed by atoms with Gasteiger partial charge in [-0.3, -0.25) is 0 Å². The Morgan fingerprint density at radius 1 is 1.12 bits per heavy atom. The highest BCUT2D eigenvalue weighted by Crippen LogP contribution is 2.20. The molecule has 0 radical (unpaired) electrons. The van der Waals surface area contributed by atoms with Crippen LogP contribution in [0, 0.1) is 13.8 Å². The molecule has 0 aliphatic carbocycles. The first kappa shape index (κ1) is 11.9. The van der Waals surface area contributed by atoms with E-state index in [0.717, 1.165) is 22.8 Å². The smallest absolute Gasteiger partial charge is 0.133 e. The summed E-state index contributed by atoms with van der Waals surface area (Å²) in [6.07, 6.45) is 0.630. The van der Waals surface area contributed by atoms with Gasteiger partial charge in [0.25, 0.3) is 0 Å². The fraction of sp³-hybridized carbons (Fsp3) is 0.231. The van der Waals surface area contributed by atoms with Gasteiger partial charge in [-0.25, -0.2) is 9.97 Å². The number of rotatable bonds is 2. The highest BCUT2D eigenvalue weighted by Gasteiger charge is 2.05. The zero-order valence-electron chi connectivity index (χ0n) is 9.87. The molecule has 88 valence electrons. The van der Waals surface area contributed by atoms with Gasteiger partial charge in [-0.15, -0.1) is 0 Å². The van der Waals surface area contributed by atoms with Crippen molar-refractivity contribution in [1.29, 1.82) is 0 Å². The molecule has 0 aliphatic rings. The van der Waals surface area contributed by atoms with E-state index in [2.05, 4.69) is 9.97 Å². The topological polar surface area (TPSA) is 51.8 Å². The number of nitrogen functional groups attached to an aromatic ring is 1. The van der Waals surface area contributed by atoms with Gasteiger partial charge in [0.1, 0.15) is 5.82 Å². The van der Waals surface area contributed by atoms with Crippen LogP contribution in [0.1, 0.15) is 22.8 Å². The number of aromatic nitrogens is 2. The van der Waals surface area contributed by atoms with E-state index in [0.29, 0.717) is 17.1 Å². The Kier molecular flexibility index (Phi) is 3.29. The van der Waals surface area contributed by atoms with Gasteiger partial charge in [-0.05, 0) is 37.6 Å². The van der Waals surface area contributed by atoms with Gasteiger partial charge in [0.05, 0.1) is 0 Å². The van der Waals surface area contributed by atoms with Crippen molar-refractivity contribution < 1.29 is 0 Å². The Hall–Kier alpha value is -1.61. The summed E-state index contributed by atoms with van der Waals surface area (Å²) < 4.78 is 0. The molecule has 0 saturated heterocycles. The molecule has 0 atom stereocenters. The van der Waals surface area contributed by atoms with E-state index in [1.165, 1.54) is 0 Å². The normalized spacial score (nSPS) is 10.5. The molecule has 2 rings (SSSR count). The number of nitrogens with zero attached hydrogens (tertiary/aromatic N) is 2. The molecular formula is C13H14ClN3. The fourth-order valence-electron chi connectivity index (χ4n) is 1.78. The maximum Gasteiger partial charge on any atom is 0.133 e. The largest absolute Gasteiger partial charge is 0.398 e. The van der Waals surface area contributed by atoms with Crippen molar-refractivity contribution in [3.63, 3.8) is 0 Å². The van der Waals surface area contributed by atoms with Crippen LogP contribution < -0.4 is 5.73 Å². The molecule has 1 aromatic carbocycles. The molecule has 1 heterocycles. The van der Waals surface area contributed by atoms with Crippen molar-refractivity contribution in [2.75, 3.05) is 5.73 Å². The van der Waals surface area contributed by atoms with Gasteiger partial charge >= 0.3 is 0 Å². The second-order valence-corrected chi connectivity index (χ2v) is 4.52. The molecule has 3 nitrogen and oxygen atoms in total. The van der Waals surface area contributed by atoms with Gasteiger partial charge in [0.2, 0.25) is 0 Å². The Balaban J connectivity index is 2.31. The summed E-state index contributed by atoms with van der Waals surface area (Å²) in [4.78, 5) is 8.79. The van der Waals surface area contributed by atoms with Crippen LogP contribution >= 0.6 is 11.6 Å². The molecule has 2 N–H and O–H groups in total. The lowest BCUT2D eigenvalue weighted by Crippen LogP contribution is -2.02. The van der Waals surface area contributed by atoms with E-state index >= 15 is 0 Å². The van der Waals surface area contributed by atoms with Crippen LogP contribution in [0.25, 0.3) is 0 Å². The first-order valence-electron chi connectivity index (χ1n) is 5.39. The summed E-state index contributed by atoms with van der Waals surface area (Å²) in [5, 5.41) is 0.646. The van der Waals surface area contributed by atoms with Crippen molar-refractivity contribution in [3.05, 3.63) is 52.1 Å². The van der Waals surface area contributed by atoms with Crippen molar-refractivity contribution >= 4 is 17.3 Å². The lowest BCUT2D eigenvalue weighted by Gasteiger charge is -2.06. The highest BCUT2D eigenvalue weighted by molar-refractivity contribution is 6.30. The number of nitrogens with two attached hydrogens (primary N) is 1. The number of hydrogen-bond acceptors (Lipinski definition) is 3. The SMILES string of the molecule is Cc1cc(C)nc(Cc2ccc(Cl)cc2N)n1. The zero-order valence-corrected chi connectivity index (χ0v) is 10.6. The minimum Gasteiger partial charge on any atom is -0.398 e. The van der Waals surface area contributed by atoms with Crippen LogP contribution in [0.2, 0.25) is 5.02 Å². The highest BCUT2D eigenvalue weighted by atomic mass is 35.5. The third-order valence-electron chi connectivity index (χ3n) is 2.49. The molecule has 0 spiro atoms. The van der Waals surface area contributed by atoms with Crippen LogP contribution in [0.4, 0.5) is 5.69 Å². The minimum atomic E-state index is 0.630. The maximum atomic E-state index is 5.91. The number of anilines is 1. The molecule has 0 unspecified atom stereocenters. The van der Waals surface area contributed by atoms with E-state index in [4.69, 9.17) is 17.3 Å². The summed E-state index contributed by atoms with van der Waals surface area (Å²) in [6, 6.07) is 7.45. The van der Waals surface area contributed by atoms with Crippen LogP contribution in [-0.2, 0) is 6.42 Å². The molecule has 1 aromatic heterocycles. The third-order valence-corrected chi connectivity index (χ3v) is 2.72. The molecule has 2 aromatic rings. The molecule has 0 amide bonds. The molecular weight excluding hydrogens is 234 g/mol. The molecule has 0 bridgehead atoms. The average molecular weight is 248 g/mol. The van der Waals surface area contributed by atoms with Crippen molar-refractivity contribution in [2.45, 2.75) is 20.3 Å². The van der Waals surface area contributed by atoms with Crippen molar-refractivity contribution in [1.82, 2.24) is 9.97 Å². The second kappa shape index (κ2) is 4.72. The summed E-state index contributed by atoms with van der Waals surface area (Å²) in [5.41, 5.74) is 9.53. The van der Waals surface area contributed by atoms with E-state index in [1.807, 2.05) is 32.0 Å². The number of hydrogen-bond donors (Lipinski definition) is 1. The van der Waals surface area contributed by atoms with Gasteiger partial charge < -0.3 is 5.73 Å². The van der Waals surface area contributed by atoms with Gasteiger partial charge in [0, 0.05) is 28.5 Å². The van der Waals surface area contributed by atoms with Gasteiger partial charge in [-0.1, -0.05) is 17.7 Å². The van der Waals surface area contributed by atoms with Crippen LogP contribution in [0.3, 0.4) is 0 Å². The zero-order chi connectivity index (χ0) is 12.4. The summed E-state index contributed by atoms with van der Waals surface area (Å²) in [6.45, 7) is 3.92. The van der Waals surface area contributed by atoms with E-state index in [9.17, 15) is 0 Å². The van der Waals surface area contributed by atoms with E-state index < -0.39 is 0 Å². The minimum absolute atomic E-state index is 0.630. The lowest BCUT2D eigenvalue weighted by atomic mass is 10.1. The Labute approximate surface area is 106 Å². The lowest BCUT2D eigenvalue weighted by molar-refractivity contribution is 0.919. The van der Waals surface area contributed by atoms with Gasteiger partial charge in [0.15, 0.2) is 0 Å². The Bertz CT molecular complexity index is 532. The summed E-state index contributed by atoms with van der Waals surface area (Å²) >= 11 is 5.86. The predicted octanol–water partition coefficient (Wildman–Crippen LogP) is 2.92. The monoisotopic (exact) mass is 247 g/mol. The fourth-order valence-corrected chi connectivity index (χ4v) is 1.96. The van der Waals surface area contributed by atoms with Gasteiger partial charge in [-0.2, -0.15) is 0 Å². The quantitative estimate of drug-likeness (QED) is 0.831. The van der Waals surface area contributed by atoms with Crippen LogP contribution in [0.5, 0.6) is 0 Å². The Morgan fingerprint density at radius 2 is 1.76 bits per heavy atom.